The minimum Gasteiger partial charge on any atom is -0.402 e. The summed E-state index contributed by atoms with van der Waals surface area (Å²) in [6.45, 7) is 1.10. The summed E-state index contributed by atoms with van der Waals surface area (Å²) in [6.07, 6.45) is 3.44. The van der Waals surface area contributed by atoms with Gasteiger partial charge in [0.25, 0.3) is 5.91 Å². The molecule has 10 heteroatoms. The first-order valence-corrected chi connectivity index (χ1v) is 11.2. The molecule has 0 bridgehead atoms. The van der Waals surface area contributed by atoms with Gasteiger partial charge >= 0.3 is 0 Å². The van der Waals surface area contributed by atoms with Gasteiger partial charge in [-0.1, -0.05) is 28.4 Å². The summed E-state index contributed by atoms with van der Waals surface area (Å²) < 4.78 is 5.12. The van der Waals surface area contributed by atoms with E-state index >= 15 is 0 Å². The third-order valence-corrected chi connectivity index (χ3v) is 5.89. The fraction of sp³-hybridized carbons (Fsp3) is 0.391. The number of nitrogens with two attached hydrogens (primary N) is 1. The van der Waals surface area contributed by atoms with Gasteiger partial charge in [0.15, 0.2) is 0 Å². The first kappa shape index (κ1) is 25.0. The number of hydrogen-bond acceptors (Lipinski definition) is 7. The van der Waals surface area contributed by atoms with Crippen molar-refractivity contribution in [3.63, 3.8) is 0 Å². The van der Waals surface area contributed by atoms with Crippen LogP contribution >= 0.6 is 23.2 Å². The SMILES string of the molecule is CN(C)C.NC1=C(C2=NCC(C=O)Cc3conc32)CN(C(=O)c2ccc(Cl)c(Cl)c2)CC1. The molecule has 33 heavy (non-hydrogen) atoms. The second-order valence-electron chi connectivity index (χ2n) is 8.43. The molecule has 176 valence electrons. The third kappa shape index (κ3) is 6.01. The van der Waals surface area contributed by atoms with Gasteiger partial charge in [0, 0.05) is 54.4 Å². The maximum atomic E-state index is 13.0. The van der Waals surface area contributed by atoms with E-state index in [1.807, 2.05) is 26.0 Å². The van der Waals surface area contributed by atoms with Crippen molar-refractivity contribution in [3.8, 4) is 0 Å². The van der Waals surface area contributed by atoms with E-state index in [1.54, 1.807) is 23.1 Å². The standard InChI is InChI=1S/C20H18Cl2N4O3.C3H9N/c21-15-2-1-12(6-16(15)22)20(28)26-4-3-17(23)14(8-26)19-18-13(10-29-25-18)5-11(9-27)7-24-19;1-4(2)3/h1-2,6,9-11H,3-5,7-8,23H2;1-3H3. The average molecular weight is 492 g/mol. The number of carbonyl (C=O) groups excluding carboxylic acids is 2. The second-order valence-corrected chi connectivity index (χ2v) is 9.24. The number of aliphatic imine (C=N–C) groups is 1. The first-order chi connectivity index (χ1) is 15.7. The van der Waals surface area contributed by atoms with Crippen LogP contribution in [0, 0.1) is 5.92 Å². The predicted molar refractivity (Wildman–Crippen MR) is 129 cm³/mol. The zero-order valence-electron chi connectivity index (χ0n) is 18.8. The van der Waals surface area contributed by atoms with Gasteiger partial charge in [0.2, 0.25) is 0 Å². The van der Waals surface area contributed by atoms with E-state index in [0.717, 1.165) is 17.4 Å². The number of nitrogens with zero attached hydrogens (tertiary/aromatic N) is 4. The third-order valence-electron chi connectivity index (χ3n) is 5.15. The largest absolute Gasteiger partial charge is 0.402 e. The molecule has 0 saturated heterocycles. The van der Waals surface area contributed by atoms with Crippen molar-refractivity contribution < 1.29 is 14.1 Å². The molecule has 1 aromatic heterocycles. The lowest BCUT2D eigenvalue weighted by Crippen LogP contribution is -2.40. The Hall–Kier alpha value is -2.68. The molecule has 1 aromatic carbocycles. The van der Waals surface area contributed by atoms with Crippen molar-refractivity contribution in [1.82, 2.24) is 15.0 Å². The summed E-state index contributed by atoms with van der Waals surface area (Å²) in [6, 6.07) is 4.80. The van der Waals surface area contributed by atoms with E-state index in [4.69, 9.17) is 33.5 Å². The zero-order chi connectivity index (χ0) is 24.1. The number of carbonyl (C=O) groups is 2. The summed E-state index contributed by atoms with van der Waals surface area (Å²) in [5.74, 6) is -0.418. The lowest BCUT2D eigenvalue weighted by molar-refractivity contribution is -0.110. The Morgan fingerprint density at radius 1 is 1.27 bits per heavy atom. The van der Waals surface area contributed by atoms with Gasteiger partial charge in [-0.2, -0.15) is 0 Å². The molecule has 0 saturated carbocycles. The Labute approximate surface area is 203 Å². The van der Waals surface area contributed by atoms with Crippen LogP contribution in [0.2, 0.25) is 10.0 Å². The quantitative estimate of drug-likeness (QED) is 0.661. The minimum atomic E-state index is -0.245. The number of rotatable bonds is 3. The van der Waals surface area contributed by atoms with E-state index in [-0.39, 0.29) is 18.4 Å². The van der Waals surface area contributed by atoms with Crippen molar-refractivity contribution in [1.29, 1.82) is 0 Å². The maximum Gasteiger partial charge on any atom is 0.254 e. The Balaban J connectivity index is 0.000000709. The fourth-order valence-electron chi connectivity index (χ4n) is 3.55. The van der Waals surface area contributed by atoms with Crippen molar-refractivity contribution >= 4 is 41.1 Å². The molecular formula is C23H27Cl2N5O3. The topological polar surface area (TPSA) is 105 Å². The van der Waals surface area contributed by atoms with Gasteiger partial charge in [-0.05, 0) is 45.8 Å². The van der Waals surface area contributed by atoms with Crippen molar-refractivity contribution in [3.05, 3.63) is 62.6 Å². The normalized spacial score (nSPS) is 18.2. The molecule has 8 nitrogen and oxygen atoms in total. The summed E-state index contributed by atoms with van der Waals surface area (Å²) in [5, 5.41) is 4.79. The van der Waals surface area contributed by atoms with E-state index in [0.29, 0.717) is 58.6 Å². The molecular weight excluding hydrogens is 465 g/mol. The number of fused-ring (bicyclic) bond motifs is 1. The van der Waals surface area contributed by atoms with Crippen molar-refractivity contribution in [2.75, 3.05) is 40.8 Å². The van der Waals surface area contributed by atoms with Gasteiger partial charge in [-0.15, -0.1) is 0 Å². The Bertz CT molecular complexity index is 1090. The van der Waals surface area contributed by atoms with Crippen molar-refractivity contribution in [2.45, 2.75) is 12.8 Å². The summed E-state index contributed by atoms with van der Waals surface area (Å²) in [4.78, 5) is 32.6. The van der Waals surface area contributed by atoms with Crippen molar-refractivity contribution in [2.24, 2.45) is 16.6 Å². The number of amides is 1. The molecule has 2 aliphatic heterocycles. The van der Waals surface area contributed by atoms with Crippen LogP contribution in [0.15, 0.2) is 45.2 Å². The van der Waals surface area contributed by atoms with Gasteiger partial charge in [0.05, 0.1) is 15.8 Å². The second kappa shape index (κ2) is 11.0. The number of halogens is 2. The van der Waals surface area contributed by atoms with Crippen LogP contribution in [0.1, 0.15) is 28.0 Å². The van der Waals surface area contributed by atoms with E-state index in [1.165, 1.54) is 6.26 Å². The summed E-state index contributed by atoms with van der Waals surface area (Å²) in [5.41, 5.74) is 10.1. The van der Waals surface area contributed by atoms with Gasteiger partial charge in [0.1, 0.15) is 18.2 Å². The maximum absolute atomic E-state index is 13.0. The number of hydrogen-bond donors (Lipinski definition) is 1. The fourth-order valence-corrected chi connectivity index (χ4v) is 3.85. The molecule has 0 spiro atoms. The average Bonchev–Trinajstić information content (AvgIpc) is 3.15. The monoisotopic (exact) mass is 491 g/mol. The number of benzene rings is 1. The number of aldehydes is 1. The molecule has 1 atom stereocenters. The smallest absolute Gasteiger partial charge is 0.254 e. The number of aromatic nitrogens is 1. The van der Waals surface area contributed by atoms with Gasteiger partial charge in [-0.3, -0.25) is 9.79 Å². The first-order valence-electron chi connectivity index (χ1n) is 10.5. The molecule has 0 radical (unpaired) electrons. The molecule has 3 heterocycles. The van der Waals surface area contributed by atoms with Crippen LogP contribution in [-0.2, 0) is 11.2 Å². The van der Waals surface area contributed by atoms with Crippen LogP contribution < -0.4 is 5.73 Å². The Kier molecular flexibility index (Phi) is 8.29. The molecule has 4 rings (SSSR count). The summed E-state index contributed by atoms with van der Waals surface area (Å²) >= 11 is 12.0. The molecule has 1 unspecified atom stereocenters. The highest BCUT2D eigenvalue weighted by atomic mass is 35.5. The minimum absolute atomic E-state index is 0.172. The van der Waals surface area contributed by atoms with Gasteiger partial charge in [-0.25, -0.2) is 0 Å². The predicted octanol–water partition coefficient (Wildman–Crippen LogP) is 3.08. The summed E-state index contributed by atoms with van der Waals surface area (Å²) in [7, 11) is 6.00. The van der Waals surface area contributed by atoms with E-state index < -0.39 is 0 Å². The highest BCUT2D eigenvalue weighted by molar-refractivity contribution is 6.42. The van der Waals surface area contributed by atoms with Crippen LogP contribution in [0.25, 0.3) is 0 Å². The molecule has 0 fully saturated rings. The highest BCUT2D eigenvalue weighted by Crippen LogP contribution is 2.27. The molecule has 1 amide bonds. The van der Waals surface area contributed by atoms with Crippen LogP contribution in [0.5, 0.6) is 0 Å². The molecule has 2 aromatic rings. The highest BCUT2D eigenvalue weighted by Gasteiger charge is 2.30. The van der Waals surface area contributed by atoms with Gasteiger partial charge < -0.3 is 24.9 Å². The van der Waals surface area contributed by atoms with E-state index in [2.05, 4.69) is 10.1 Å². The van der Waals surface area contributed by atoms with Crippen LogP contribution in [-0.4, -0.2) is 73.6 Å². The zero-order valence-corrected chi connectivity index (χ0v) is 20.4. The van der Waals surface area contributed by atoms with Crippen LogP contribution in [0.3, 0.4) is 0 Å². The molecule has 2 N–H and O–H groups in total. The Morgan fingerprint density at radius 3 is 2.67 bits per heavy atom. The lowest BCUT2D eigenvalue weighted by atomic mass is 9.96. The molecule has 2 aliphatic rings. The van der Waals surface area contributed by atoms with E-state index in [9.17, 15) is 9.59 Å². The van der Waals surface area contributed by atoms with Crippen LogP contribution in [0.4, 0.5) is 0 Å². The molecule has 0 aliphatic carbocycles. The Morgan fingerprint density at radius 2 is 2.00 bits per heavy atom. The lowest BCUT2D eigenvalue weighted by Gasteiger charge is -2.30.